The van der Waals surface area contributed by atoms with Crippen LogP contribution < -0.4 is 16.4 Å². The first-order valence-electron chi connectivity index (χ1n) is 5.36. The smallest absolute Gasteiger partial charge is 0.326 e. The van der Waals surface area contributed by atoms with E-state index in [0.717, 1.165) is 0 Å². The molecular formula is C10H14N4O5. The third kappa shape index (κ3) is 5.06. The summed E-state index contributed by atoms with van der Waals surface area (Å²) in [6.07, 6.45) is -0.480. The maximum atomic E-state index is 11.4. The van der Waals surface area contributed by atoms with Gasteiger partial charge in [-0.3, -0.25) is 4.79 Å². The number of aliphatic carboxylic acids is 1. The van der Waals surface area contributed by atoms with E-state index in [1.807, 2.05) is 0 Å². The van der Waals surface area contributed by atoms with Crippen LogP contribution in [0.4, 0.5) is 4.79 Å². The molecule has 104 valence electrons. The second-order valence-corrected chi connectivity index (χ2v) is 3.82. The average Bonchev–Trinajstić information content (AvgIpc) is 2.71. The summed E-state index contributed by atoms with van der Waals surface area (Å²) in [5.74, 6) is -1.57. The largest absolute Gasteiger partial charge is 0.480 e. The van der Waals surface area contributed by atoms with Crippen molar-refractivity contribution in [3.8, 4) is 0 Å². The zero-order valence-electron chi connectivity index (χ0n) is 10.2. The number of nitrogens with zero attached hydrogens (tertiary/aromatic N) is 1. The molecule has 19 heavy (non-hydrogen) atoms. The SMILES string of the molecule is Cc1cc(CNC(=O)N[C@H](CC(N)=O)C(=O)O)no1. The molecule has 0 aliphatic heterocycles. The minimum absolute atomic E-state index is 0.0755. The number of carbonyl (C=O) groups is 3. The summed E-state index contributed by atoms with van der Waals surface area (Å²) < 4.78 is 4.79. The van der Waals surface area contributed by atoms with Crippen LogP contribution in [-0.2, 0) is 16.1 Å². The Hall–Kier alpha value is -2.58. The molecule has 1 aromatic rings. The third-order valence-electron chi connectivity index (χ3n) is 2.12. The fraction of sp³-hybridized carbons (Fsp3) is 0.400. The van der Waals surface area contributed by atoms with Gasteiger partial charge in [0.15, 0.2) is 0 Å². The van der Waals surface area contributed by atoms with Gasteiger partial charge in [-0.2, -0.15) is 0 Å². The highest BCUT2D eigenvalue weighted by atomic mass is 16.5. The van der Waals surface area contributed by atoms with Crippen molar-refractivity contribution in [3.05, 3.63) is 17.5 Å². The minimum Gasteiger partial charge on any atom is -0.480 e. The van der Waals surface area contributed by atoms with Crippen molar-refractivity contribution >= 4 is 17.9 Å². The molecule has 0 fully saturated rings. The van der Waals surface area contributed by atoms with Gasteiger partial charge in [0.1, 0.15) is 17.5 Å². The van der Waals surface area contributed by atoms with Crippen LogP contribution in [0.15, 0.2) is 10.6 Å². The van der Waals surface area contributed by atoms with Crippen molar-refractivity contribution in [2.45, 2.75) is 25.9 Å². The number of primary amides is 1. The summed E-state index contributed by atoms with van der Waals surface area (Å²) in [5, 5.41) is 16.9. The number of carboxylic acid groups (broad SMARTS) is 1. The summed E-state index contributed by atoms with van der Waals surface area (Å²) in [6, 6.07) is -0.482. The lowest BCUT2D eigenvalue weighted by Crippen LogP contribution is -2.47. The van der Waals surface area contributed by atoms with E-state index in [4.69, 9.17) is 15.4 Å². The maximum absolute atomic E-state index is 11.4. The molecule has 1 heterocycles. The topological polar surface area (TPSA) is 148 Å². The molecule has 3 amide bonds. The Morgan fingerprint density at radius 2 is 2.21 bits per heavy atom. The van der Waals surface area contributed by atoms with Crippen LogP contribution in [0.25, 0.3) is 0 Å². The molecule has 0 aliphatic carbocycles. The van der Waals surface area contributed by atoms with Gasteiger partial charge in [-0.05, 0) is 6.92 Å². The van der Waals surface area contributed by atoms with E-state index >= 15 is 0 Å². The van der Waals surface area contributed by atoms with Crippen LogP contribution in [0.3, 0.4) is 0 Å². The van der Waals surface area contributed by atoms with Gasteiger partial charge in [0.25, 0.3) is 0 Å². The Bertz CT molecular complexity index is 484. The van der Waals surface area contributed by atoms with Gasteiger partial charge in [-0.1, -0.05) is 5.16 Å². The Kier molecular flexibility index (Phi) is 4.86. The molecule has 0 aliphatic rings. The average molecular weight is 270 g/mol. The molecule has 0 unspecified atom stereocenters. The van der Waals surface area contributed by atoms with Crippen LogP contribution in [-0.4, -0.2) is 34.2 Å². The van der Waals surface area contributed by atoms with E-state index in [1.54, 1.807) is 13.0 Å². The molecule has 1 rings (SSSR count). The number of aromatic nitrogens is 1. The number of carboxylic acids is 1. The van der Waals surface area contributed by atoms with Gasteiger partial charge in [0, 0.05) is 6.07 Å². The molecule has 9 nitrogen and oxygen atoms in total. The first-order valence-corrected chi connectivity index (χ1v) is 5.36. The first-order chi connectivity index (χ1) is 8.88. The number of urea groups is 1. The predicted octanol–water partition coefficient (Wildman–Crippen LogP) is -0.889. The number of hydrogen-bond acceptors (Lipinski definition) is 5. The van der Waals surface area contributed by atoms with E-state index < -0.39 is 30.4 Å². The minimum atomic E-state index is -1.36. The lowest BCUT2D eigenvalue weighted by atomic mass is 10.2. The highest BCUT2D eigenvalue weighted by Crippen LogP contribution is 2.00. The quantitative estimate of drug-likeness (QED) is 0.527. The maximum Gasteiger partial charge on any atom is 0.326 e. The van der Waals surface area contributed by atoms with Crippen LogP contribution in [0, 0.1) is 6.92 Å². The van der Waals surface area contributed by atoms with Crippen molar-refractivity contribution in [3.63, 3.8) is 0 Å². The lowest BCUT2D eigenvalue weighted by molar-refractivity contribution is -0.140. The number of nitrogens with two attached hydrogens (primary N) is 1. The van der Waals surface area contributed by atoms with E-state index in [0.29, 0.717) is 11.5 Å². The molecule has 0 spiro atoms. The lowest BCUT2D eigenvalue weighted by Gasteiger charge is -2.12. The normalized spacial score (nSPS) is 11.6. The Balaban J connectivity index is 2.44. The Morgan fingerprint density at radius 1 is 1.53 bits per heavy atom. The number of aryl methyl sites for hydroxylation is 1. The third-order valence-corrected chi connectivity index (χ3v) is 2.12. The first kappa shape index (κ1) is 14.5. The molecule has 0 saturated carbocycles. The number of hydrogen-bond donors (Lipinski definition) is 4. The van der Waals surface area contributed by atoms with Crippen LogP contribution in [0.2, 0.25) is 0 Å². The van der Waals surface area contributed by atoms with Gasteiger partial charge in [-0.15, -0.1) is 0 Å². The zero-order valence-corrected chi connectivity index (χ0v) is 10.2. The Labute approximate surface area is 108 Å². The summed E-state index contributed by atoms with van der Waals surface area (Å²) in [5.41, 5.74) is 5.37. The highest BCUT2D eigenvalue weighted by Gasteiger charge is 2.21. The Morgan fingerprint density at radius 3 is 2.68 bits per heavy atom. The van der Waals surface area contributed by atoms with Gasteiger partial charge in [-0.25, -0.2) is 9.59 Å². The monoisotopic (exact) mass is 270 g/mol. The fourth-order valence-corrected chi connectivity index (χ4v) is 1.28. The predicted molar refractivity (Wildman–Crippen MR) is 61.8 cm³/mol. The number of nitrogens with one attached hydrogen (secondary N) is 2. The zero-order chi connectivity index (χ0) is 14.4. The van der Waals surface area contributed by atoms with Gasteiger partial charge < -0.3 is 26.0 Å². The van der Waals surface area contributed by atoms with Gasteiger partial charge in [0.2, 0.25) is 5.91 Å². The molecule has 1 atom stereocenters. The van der Waals surface area contributed by atoms with Crippen LogP contribution >= 0.6 is 0 Å². The fourth-order valence-electron chi connectivity index (χ4n) is 1.28. The summed E-state index contributed by atoms with van der Waals surface area (Å²) in [4.78, 5) is 32.8. The molecule has 9 heteroatoms. The molecule has 5 N–H and O–H groups in total. The van der Waals surface area contributed by atoms with Crippen LogP contribution in [0.5, 0.6) is 0 Å². The van der Waals surface area contributed by atoms with Crippen LogP contribution in [0.1, 0.15) is 17.9 Å². The standard InChI is InChI=1S/C10H14N4O5/c1-5-2-6(14-19-5)4-12-10(18)13-7(9(16)17)3-8(11)15/h2,7H,3-4H2,1H3,(H2,11,15)(H,16,17)(H2,12,13,18)/t7-/m1/s1. The number of carbonyl (C=O) groups excluding carboxylic acids is 2. The molecule has 0 saturated heterocycles. The van der Waals surface area contributed by atoms with Crippen molar-refractivity contribution < 1.29 is 24.0 Å². The van der Waals surface area contributed by atoms with Crippen molar-refractivity contribution in [2.75, 3.05) is 0 Å². The van der Waals surface area contributed by atoms with E-state index in [1.165, 1.54) is 0 Å². The number of rotatable bonds is 6. The molecular weight excluding hydrogens is 256 g/mol. The second-order valence-electron chi connectivity index (χ2n) is 3.82. The van der Waals surface area contributed by atoms with Crippen molar-refractivity contribution in [1.82, 2.24) is 15.8 Å². The second kappa shape index (κ2) is 6.38. The number of amides is 3. The summed E-state index contributed by atoms with van der Waals surface area (Å²) >= 11 is 0. The molecule has 0 radical (unpaired) electrons. The van der Waals surface area contributed by atoms with E-state index in [-0.39, 0.29) is 6.54 Å². The van der Waals surface area contributed by atoms with Gasteiger partial charge in [0.05, 0.1) is 13.0 Å². The summed E-state index contributed by atoms with van der Waals surface area (Å²) in [6.45, 7) is 1.77. The van der Waals surface area contributed by atoms with E-state index in [9.17, 15) is 14.4 Å². The molecule has 0 aromatic carbocycles. The van der Waals surface area contributed by atoms with Crippen molar-refractivity contribution in [1.29, 1.82) is 0 Å². The van der Waals surface area contributed by atoms with Crippen molar-refractivity contribution in [2.24, 2.45) is 5.73 Å². The molecule has 1 aromatic heterocycles. The van der Waals surface area contributed by atoms with E-state index in [2.05, 4.69) is 15.8 Å². The highest BCUT2D eigenvalue weighted by molar-refractivity contribution is 5.87. The van der Waals surface area contributed by atoms with Gasteiger partial charge >= 0.3 is 12.0 Å². The summed E-state index contributed by atoms with van der Waals surface area (Å²) in [7, 11) is 0. The molecule has 0 bridgehead atoms.